The minimum atomic E-state index is -1.17. The first-order chi connectivity index (χ1) is 18.4. The van der Waals surface area contributed by atoms with Crippen molar-refractivity contribution >= 4 is 41.1 Å². The number of ether oxygens (including phenoxy) is 2. The molecule has 1 amide bonds. The number of nitrogens with zero attached hydrogens (tertiary/aromatic N) is 2. The summed E-state index contributed by atoms with van der Waals surface area (Å²) >= 11 is 8.01. The van der Waals surface area contributed by atoms with Crippen LogP contribution in [0, 0.1) is 0 Å². The third-order valence-corrected chi connectivity index (χ3v) is 7.06. The molecule has 1 unspecified atom stereocenters. The van der Waals surface area contributed by atoms with Gasteiger partial charge in [0.25, 0.3) is 5.91 Å². The van der Waals surface area contributed by atoms with Gasteiger partial charge in [0.1, 0.15) is 17.2 Å². The number of aliphatic carboxylic acids is 1. The molecule has 3 aromatic carbocycles. The number of halogens is 1. The Labute approximate surface area is 256 Å². The molecule has 0 radical (unpaired) electrons. The number of hydrogen-bond acceptors (Lipinski definition) is 8. The molecule has 192 valence electrons. The largest absolute Gasteiger partial charge is 1.00 e. The molecular formula is C28H21ClN3NaO5S. The molecule has 0 aliphatic carbocycles. The van der Waals surface area contributed by atoms with Gasteiger partial charge in [-0.2, -0.15) is 0 Å². The maximum Gasteiger partial charge on any atom is 1.00 e. The number of carboxylic acid groups (broad SMARTS) is 1. The quantitative estimate of drug-likeness (QED) is 0.266. The maximum atomic E-state index is 12.7. The van der Waals surface area contributed by atoms with E-state index in [1.807, 2.05) is 30.5 Å². The van der Waals surface area contributed by atoms with Gasteiger partial charge >= 0.3 is 29.6 Å². The molecule has 1 aliphatic heterocycles. The number of amides is 1. The first-order valence-electron chi connectivity index (χ1n) is 11.7. The minimum absolute atomic E-state index is 0. The first kappa shape index (κ1) is 28.9. The van der Waals surface area contributed by atoms with Crippen LogP contribution in [0.1, 0.15) is 28.3 Å². The number of carbonyl (C=O) groups is 2. The first-order valence-corrected chi connectivity index (χ1v) is 13.3. The van der Waals surface area contributed by atoms with Crippen LogP contribution in [0.3, 0.4) is 0 Å². The van der Waals surface area contributed by atoms with Crippen molar-refractivity contribution in [3.05, 3.63) is 88.9 Å². The summed E-state index contributed by atoms with van der Waals surface area (Å²) in [5.74, 6) is -0.837. The summed E-state index contributed by atoms with van der Waals surface area (Å²) in [4.78, 5) is 25.3. The van der Waals surface area contributed by atoms with Crippen molar-refractivity contribution in [2.75, 3.05) is 18.2 Å². The number of nitrogens with one attached hydrogen (secondary N) is 1. The van der Waals surface area contributed by atoms with Gasteiger partial charge in [-0.3, -0.25) is 4.79 Å². The topological polar surface area (TPSA) is 113 Å². The second-order valence-electron chi connectivity index (χ2n) is 8.44. The Hall–Kier alpha value is -3.08. The maximum absolute atomic E-state index is 12.7. The number of hydrogen-bond donors (Lipinski definition) is 1. The van der Waals surface area contributed by atoms with Gasteiger partial charge in [-0.05, 0) is 67.3 Å². The van der Waals surface area contributed by atoms with E-state index in [4.69, 9.17) is 21.1 Å². The zero-order valence-electron chi connectivity index (χ0n) is 21.1. The van der Waals surface area contributed by atoms with Crippen LogP contribution in [0.2, 0.25) is 5.02 Å². The Morgan fingerprint density at radius 1 is 1.05 bits per heavy atom. The van der Waals surface area contributed by atoms with Gasteiger partial charge in [0, 0.05) is 39.5 Å². The Bertz CT molecular complexity index is 1490. The molecule has 0 spiro atoms. The summed E-state index contributed by atoms with van der Waals surface area (Å²) in [5.41, 5.74) is 2.50. The fourth-order valence-corrected chi connectivity index (χ4v) is 4.64. The van der Waals surface area contributed by atoms with Crippen molar-refractivity contribution in [1.82, 2.24) is 10.2 Å². The molecule has 0 saturated carbocycles. The summed E-state index contributed by atoms with van der Waals surface area (Å²) in [6, 6.07) is 21.1. The monoisotopic (exact) mass is 569 g/mol. The number of carboxylic acids is 1. The Morgan fingerprint density at radius 3 is 2.44 bits per heavy atom. The van der Waals surface area contributed by atoms with Gasteiger partial charge in [-0.25, -0.2) is 0 Å². The fourth-order valence-electron chi connectivity index (χ4n) is 4.02. The molecule has 39 heavy (non-hydrogen) atoms. The molecular weight excluding hydrogens is 549 g/mol. The van der Waals surface area contributed by atoms with E-state index in [-0.39, 0.29) is 47.1 Å². The number of benzene rings is 3. The third kappa shape index (κ3) is 6.74. The van der Waals surface area contributed by atoms with E-state index in [1.54, 1.807) is 54.2 Å². The molecule has 1 atom stereocenters. The third-order valence-electron chi connectivity index (χ3n) is 6.02. The van der Waals surface area contributed by atoms with Crippen molar-refractivity contribution < 1.29 is 53.7 Å². The molecule has 11 heteroatoms. The van der Waals surface area contributed by atoms with Crippen LogP contribution in [0.15, 0.2) is 77.7 Å². The van der Waals surface area contributed by atoms with Crippen LogP contribution in [0.25, 0.3) is 11.3 Å². The van der Waals surface area contributed by atoms with Gasteiger partial charge in [0.15, 0.2) is 5.82 Å². The molecule has 5 rings (SSSR count). The SMILES string of the molecule is CSc1ccc(-c2ccc(NC(=O)c3ccc(Oc4cc5c(cc4Cl)C(C(=O)[O-])CCO5)cc3)nn2)cc1.[Na+]. The molecule has 1 N–H and O–H groups in total. The Balaban J connectivity index is 0.00000353. The van der Waals surface area contributed by atoms with Crippen molar-refractivity contribution in [2.45, 2.75) is 17.2 Å². The molecule has 4 aromatic rings. The van der Waals surface area contributed by atoms with Crippen molar-refractivity contribution in [3.8, 4) is 28.5 Å². The number of rotatable bonds is 7. The van der Waals surface area contributed by atoms with E-state index >= 15 is 0 Å². The molecule has 1 aliphatic rings. The number of fused-ring (bicyclic) bond motifs is 1. The van der Waals surface area contributed by atoms with Crippen LogP contribution >= 0.6 is 23.4 Å². The molecule has 0 bridgehead atoms. The van der Waals surface area contributed by atoms with Crippen molar-refractivity contribution in [2.24, 2.45) is 0 Å². The summed E-state index contributed by atoms with van der Waals surface area (Å²) in [7, 11) is 0. The van der Waals surface area contributed by atoms with Crippen LogP contribution in [-0.4, -0.2) is 34.9 Å². The van der Waals surface area contributed by atoms with E-state index in [0.717, 1.165) is 10.5 Å². The molecule has 2 heterocycles. The fraction of sp³-hybridized carbons (Fsp3) is 0.143. The van der Waals surface area contributed by atoms with E-state index in [0.29, 0.717) is 46.3 Å². The minimum Gasteiger partial charge on any atom is -0.549 e. The number of anilines is 1. The van der Waals surface area contributed by atoms with Crippen molar-refractivity contribution in [3.63, 3.8) is 0 Å². The number of carbonyl (C=O) groups excluding carboxylic acids is 2. The summed E-state index contributed by atoms with van der Waals surface area (Å²) in [6.45, 7) is 0.259. The van der Waals surface area contributed by atoms with E-state index < -0.39 is 11.9 Å². The summed E-state index contributed by atoms with van der Waals surface area (Å²) in [5, 5.41) is 22.7. The Kier molecular flexibility index (Phi) is 9.53. The van der Waals surface area contributed by atoms with Crippen LogP contribution in [0.4, 0.5) is 5.82 Å². The second kappa shape index (κ2) is 12.8. The van der Waals surface area contributed by atoms with Gasteiger partial charge in [-0.1, -0.05) is 23.7 Å². The smallest absolute Gasteiger partial charge is 0.549 e. The number of aromatic nitrogens is 2. The Morgan fingerprint density at radius 2 is 1.79 bits per heavy atom. The number of thioether (sulfide) groups is 1. The van der Waals surface area contributed by atoms with Gasteiger partial charge in [0.2, 0.25) is 0 Å². The second-order valence-corrected chi connectivity index (χ2v) is 9.73. The summed E-state index contributed by atoms with van der Waals surface area (Å²) < 4.78 is 11.5. The van der Waals surface area contributed by atoms with E-state index in [1.165, 1.54) is 6.07 Å². The van der Waals surface area contributed by atoms with Crippen molar-refractivity contribution in [1.29, 1.82) is 0 Å². The van der Waals surface area contributed by atoms with Gasteiger partial charge < -0.3 is 24.7 Å². The molecule has 0 saturated heterocycles. The van der Waals surface area contributed by atoms with Gasteiger partial charge in [0.05, 0.1) is 17.3 Å². The zero-order valence-corrected chi connectivity index (χ0v) is 24.7. The normalized spacial score (nSPS) is 13.8. The van der Waals surface area contributed by atoms with Crippen LogP contribution in [-0.2, 0) is 4.79 Å². The average Bonchev–Trinajstić information content (AvgIpc) is 2.94. The van der Waals surface area contributed by atoms with Gasteiger partial charge in [-0.15, -0.1) is 22.0 Å². The molecule has 1 aromatic heterocycles. The average molecular weight is 570 g/mol. The summed E-state index contributed by atoms with van der Waals surface area (Å²) in [6.07, 6.45) is 2.34. The zero-order chi connectivity index (χ0) is 26.6. The van der Waals surface area contributed by atoms with Crippen LogP contribution < -0.4 is 49.5 Å². The molecule has 0 fully saturated rings. The standard InChI is InChI=1S/C28H22ClN3O5S.Na/c1-38-19-8-4-16(5-9-19)23-10-11-26(32-31-23)30-27(33)17-2-6-18(7-3-17)37-25-15-24-21(14-22(25)29)20(28(34)35)12-13-36-24;/h2-11,14-15,20H,12-13H2,1H3,(H,34,35)(H,30,32,33);/q;+1/p-1. The molecule has 8 nitrogen and oxygen atoms in total. The predicted molar refractivity (Wildman–Crippen MR) is 143 cm³/mol. The van der Waals surface area contributed by atoms with Crippen LogP contribution in [0.5, 0.6) is 17.2 Å². The van der Waals surface area contributed by atoms with E-state index in [2.05, 4.69) is 15.5 Å². The predicted octanol–water partition coefficient (Wildman–Crippen LogP) is 2.18. The van der Waals surface area contributed by atoms with E-state index in [9.17, 15) is 14.7 Å².